The molecule has 26 heavy (non-hydrogen) atoms. The predicted octanol–water partition coefficient (Wildman–Crippen LogP) is 4.68. The summed E-state index contributed by atoms with van der Waals surface area (Å²) in [6, 6.07) is 14.1. The van der Waals surface area contributed by atoms with Gasteiger partial charge in [0.05, 0.1) is 12.2 Å². The van der Waals surface area contributed by atoms with Gasteiger partial charge in [-0.05, 0) is 44.0 Å². The van der Waals surface area contributed by atoms with Crippen LogP contribution < -0.4 is 5.32 Å². The molecule has 0 bridgehead atoms. The Morgan fingerprint density at radius 1 is 1.04 bits per heavy atom. The summed E-state index contributed by atoms with van der Waals surface area (Å²) in [7, 11) is 0. The standard InChI is InChI=1S/C21H23F2N3/c1-14(18-9-10-20(22)21(23)11-18)24-12-19-15(2)25-26(16(19)3)13-17-7-5-4-6-8-17/h4-11,14,24H,12-13H2,1-3H3/t14-/m1/s1. The number of rotatable bonds is 6. The number of nitrogens with one attached hydrogen (secondary N) is 1. The third kappa shape index (κ3) is 3.99. The zero-order valence-corrected chi connectivity index (χ0v) is 15.3. The zero-order valence-electron chi connectivity index (χ0n) is 15.3. The Morgan fingerprint density at radius 2 is 1.77 bits per heavy atom. The van der Waals surface area contributed by atoms with Gasteiger partial charge in [0.1, 0.15) is 0 Å². The minimum absolute atomic E-state index is 0.0960. The van der Waals surface area contributed by atoms with Crippen molar-refractivity contribution in [1.29, 1.82) is 0 Å². The average molecular weight is 355 g/mol. The van der Waals surface area contributed by atoms with Crippen molar-refractivity contribution in [2.75, 3.05) is 0 Å². The number of halogens is 2. The number of nitrogens with zero attached hydrogens (tertiary/aromatic N) is 2. The largest absolute Gasteiger partial charge is 0.306 e. The maximum Gasteiger partial charge on any atom is 0.159 e. The topological polar surface area (TPSA) is 29.9 Å². The Hall–Kier alpha value is -2.53. The third-order valence-corrected chi connectivity index (χ3v) is 4.74. The smallest absolute Gasteiger partial charge is 0.159 e. The molecular weight excluding hydrogens is 332 g/mol. The van der Waals surface area contributed by atoms with Gasteiger partial charge in [0.2, 0.25) is 0 Å². The summed E-state index contributed by atoms with van der Waals surface area (Å²) in [5.74, 6) is -1.64. The molecule has 1 atom stereocenters. The fourth-order valence-electron chi connectivity index (χ4n) is 3.05. The highest BCUT2D eigenvalue weighted by Crippen LogP contribution is 2.19. The molecule has 0 amide bonds. The molecular formula is C21H23F2N3. The number of aromatic nitrogens is 2. The van der Waals surface area contributed by atoms with Gasteiger partial charge in [-0.25, -0.2) is 8.78 Å². The van der Waals surface area contributed by atoms with Crippen molar-refractivity contribution < 1.29 is 8.78 Å². The minimum Gasteiger partial charge on any atom is -0.306 e. The van der Waals surface area contributed by atoms with E-state index in [1.54, 1.807) is 6.07 Å². The first kappa shape index (κ1) is 18.3. The SMILES string of the molecule is Cc1nn(Cc2ccccc2)c(C)c1CN[C@H](C)c1ccc(F)c(F)c1. The molecule has 0 aliphatic rings. The van der Waals surface area contributed by atoms with E-state index in [0.29, 0.717) is 6.54 Å². The molecule has 0 aliphatic carbocycles. The van der Waals surface area contributed by atoms with Crippen LogP contribution in [0, 0.1) is 25.5 Å². The summed E-state index contributed by atoms with van der Waals surface area (Å²) in [6.07, 6.45) is 0. The van der Waals surface area contributed by atoms with Crippen molar-refractivity contribution in [2.24, 2.45) is 0 Å². The van der Waals surface area contributed by atoms with Gasteiger partial charge in [0, 0.05) is 23.8 Å². The quantitative estimate of drug-likeness (QED) is 0.696. The fourth-order valence-corrected chi connectivity index (χ4v) is 3.05. The lowest BCUT2D eigenvalue weighted by atomic mass is 10.1. The molecule has 1 heterocycles. The summed E-state index contributed by atoms with van der Waals surface area (Å²) < 4.78 is 28.5. The maximum absolute atomic E-state index is 13.4. The molecule has 1 N–H and O–H groups in total. The van der Waals surface area contributed by atoms with E-state index in [4.69, 9.17) is 0 Å². The van der Waals surface area contributed by atoms with E-state index in [9.17, 15) is 8.78 Å². The first-order chi connectivity index (χ1) is 12.5. The first-order valence-electron chi connectivity index (χ1n) is 8.71. The molecule has 3 aromatic rings. The van der Waals surface area contributed by atoms with Crippen LogP contribution in [0.3, 0.4) is 0 Å². The van der Waals surface area contributed by atoms with Gasteiger partial charge >= 0.3 is 0 Å². The van der Waals surface area contributed by atoms with Gasteiger partial charge in [-0.15, -0.1) is 0 Å². The van der Waals surface area contributed by atoms with Crippen LogP contribution in [0.5, 0.6) is 0 Å². The van der Waals surface area contributed by atoms with Crippen molar-refractivity contribution in [3.8, 4) is 0 Å². The van der Waals surface area contributed by atoms with E-state index in [0.717, 1.165) is 35.1 Å². The highest BCUT2D eigenvalue weighted by Gasteiger charge is 2.14. The number of benzene rings is 2. The van der Waals surface area contributed by atoms with Gasteiger partial charge in [0.15, 0.2) is 11.6 Å². The molecule has 0 saturated heterocycles. The molecule has 2 aromatic carbocycles. The van der Waals surface area contributed by atoms with E-state index < -0.39 is 11.6 Å². The van der Waals surface area contributed by atoms with Crippen LogP contribution in [0.25, 0.3) is 0 Å². The van der Waals surface area contributed by atoms with Crippen molar-refractivity contribution in [3.63, 3.8) is 0 Å². The number of hydrogen-bond acceptors (Lipinski definition) is 2. The van der Waals surface area contributed by atoms with E-state index in [1.807, 2.05) is 36.7 Å². The molecule has 3 rings (SSSR count). The molecule has 5 heteroatoms. The third-order valence-electron chi connectivity index (χ3n) is 4.74. The summed E-state index contributed by atoms with van der Waals surface area (Å²) >= 11 is 0. The van der Waals surface area contributed by atoms with Crippen molar-refractivity contribution in [1.82, 2.24) is 15.1 Å². The summed E-state index contributed by atoms with van der Waals surface area (Å²) in [5.41, 5.74) is 5.14. The van der Waals surface area contributed by atoms with Crippen LogP contribution >= 0.6 is 0 Å². The van der Waals surface area contributed by atoms with Gasteiger partial charge in [-0.1, -0.05) is 36.4 Å². The molecule has 0 spiro atoms. The van der Waals surface area contributed by atoms with E-state index in [-0.39, 0.29) is 6.04 Å². The molecule has 0 aliphatic heterocycles. The van der Waals surface area contributed by atoms with Crippen molar-refractivity contribution in [3.05, 3.63) is 88.2 Å². The van der Waals surface area contributed by atoms with Crippen LogP contribution in [0.15, 0.2) is 48.5 Å². The van der Waals surface area contributed by atoms with Gasteiger partial charge < -0.3 is 5.32 Å². The fraction of sp³-hybridized carbons (Fsp3) is 0.286. The Balaban J connectivity index is 1.70. The Kier molecular flexibility index (Phi) is 5.47. The predicted molar refractivity (Wildman–Crippen MR) is 98.9 cm³/mol. The number of aryl methyl sites for hydroxylation is 1. The Morgan fingerprint density at radius 3 is 2.46 bits per heavy atom. The molecule has 1 aromatic heterocycles. The minimum atomic E-state index is -0.824. The summed E-state index contributed by atoms with van der Waals surface area (Å²) in [6.45, 7) is 7.33. The molecule has 0 fully saturated rings. The van der Waals surface area contributed by atoms with Crippen LogP contribution in [-0.4, -0.2) is 9.78 Å². The maximum atomic E-state index is 13.4. The zero-order chi connectivity index (χ0) is 18.7. The van der Waals surface area contributed by atoms with Crippen molar-refractivity contribution >= 4 is 0 Å². The Bertz CT molecular complexity index is 888. The Labute approximate surface area is 152 Å². The second-order valence-corrected chi connectivity index (χ2v) is 6.57. The van der Waals surface area contributed by atoms with E-state index in [1.165, 1.54) is 11.6 Å². The monoisotopic (exact) mass is 355 g/mol. The molecule has 136 valence electrons. The highest BCUT2D eigenvalue weighted by atomic mass is 19.2. The van der Waals surface area contributed by atoms with Gasteiger partial charge in [0.25, 0.3) is 0 Å². The second-order valence-electron chi connectivity index (χ2n) is 6.57. The first-order valence-corrected chi connectivity index (χ1v) is 8.71. The van der Waals surface area contributed by atoms with Crippen LogP contribution in [0.2, 0.25) is 0 Å². The molecule has 3 nitrogen and oxygen atoms in total. The van der Waals surface area contributed by atoms with Crippen LogP contribution in [-0.2, 0) is 13.1 Å². The van der Waals surface area contributed by atoms with E-state index in [2.05, 4.69) is 29.5 Å². The van der Waals surface area contributed by atoms with E-state index >= 15 is 0 Å². The van der Waals surface area contributed by atoms with Crippen LogP contribution in [0.1, 0.15) is 41.0 Å². The summed E-state index contributed by atoms with van der Waals surface area (Å²) in [4.78, 5) is 0. The second kappa shape index (κ2) is 7.79. The lowest BCUT2D eigenvalue weighted by Gasteiger charge is -2.15. The number of hydrogen-bond donors (Lipinski definition) is 1. The van der Waals surface area contributed by atoms with Gasteiger partial charge in [-0.2, -0.15) is 5.10 Å². The highest BCUT2D eigenvalue weighted by molar-refractivity contribution is 5.27. The molecule has 0 saturated carbocycles. The lowest BCUT2D eigenvalue weighted by molar-refractivity contribution is 0.500. The normalized spacial score (nSPS) is 12.3. The van der Waals surface area contributed by atoms with Crippen LogP contribution in [0.4, 0.5) is 8.78 Å². The summed E-state index contributed by atoms with van der Waals surface area (Å²) in [5, 5.41) is 8.03. The average Bonchev–Trinajstić information content (AvgIpc) is 2.89. The van der Waals surface area contributed by atoms with Gasteiger partial charge in [-0.3, -0.25) is 4.68 Å². The van der Waals surface area contributed by atoms with Crippen molar-refractivity contribution in [2.45, 2.75) is 39.9 Å². The lowest BCUT2D eigenvalue weighted by Crippen LogP contribution is -2.19. The molecule has 0 unspecified atom stereocenters. The molecule has 0 radical (unpaired) electrons.